The molecule has 0 aromatic carbocycles. The Morgan fingerprint density at radius 2 is 1.47 bits per heavy atom. The third-order valence-corrected chi connectivity index (χ3v) is 3.76. The van der Waals surface area contributed by atoms with E-state index in [0.717, 1.165) is 0 Å². The maximum absolute atomic E-state index is 5.55. The fourth-order valence-corrected chi connectivity index (χ4v) is 2.48. The van der Waals surface area contributed by atoms with Gasteiger partial charge in [-0.25, -0.2) is 0 Å². The van der Waals surface area contributed by atoms with Gasteiger partial charge in [0.1, 0.15) is 12.9 Å². The van der Waals surface area contributed by atoms with E-state index in [1.54, 1.807) is 7.11 Å². The van der Waals surface area contributed by atoms with Gasteiger partial charge < -0.3 is 14.2 Å². The van der Waals surface area contributed by atoms with Crippen LogP contribution in [0.5, 0.6) is 0 Å². The van der Waals surface area contributed by atoms with Crippen LogP contribution in [-0.4, -0.2) is 32.7 Å². The fourth-order valence-electron chi connectivity index (χ4n) is 2.48. The SMILES string of the molecule is CCCCCCCCCCC[C@H]1O[C@H]1COCOC. The zero-order valence-electron chi connectivity index (χ0n) is 12.9. The van der Waals surface area contributed by atoms with E-state index >= 15 is 0 Å². The first kappa shape index (κ1) is 16.9. The van der Waals surface area contributed by atoms with E-state index in [9.17, 15) is 0 Å². The molecule has 1 rings (SSSR count). The highest BCUT2D eigenvalue weighted by atomic mass is 16.7. The number of unbranched alkanes of at least 4 members (excludes halogenated alkanes) is 8. The minimum atomic E-state index is 0.337. The van der Waals surface area contributed by atoms with Crippen LogP contribution in [0.15, 0.2) is 0 Å². The van der Waals surface area contributed by atoms with Crippen molar-refractivity contribution < 1.29 is 14.2 Å². The molecule has 1 heterocycles. The molecular weight excluding hydrogens is 240 g/mol. The van der Waals surface area contributed by atoms with E-state index in [1.807, 2.05) is 0 Å². The van der Waals surface area contributed by atoms with Crippen LogP contribution in [0.4, 0.5) is 0 Å². The Kier molecular flexibility index (Phi) is 10.4. The van der Waals surface area contributed by atoms with Crippen molar-refractivity contribution in [1.29, 1.82) is 0 Å². The Balaban J connectivity index is 1.73. The highest BCUT2D eigenvalue weighted by Crippen LogP contribution is 2.27. The van der Waals surface area contributed by atoms with Gasteiger partial charge in [-0.1, -0.05) is 64.7 Å². The second-order valence-electron chi connectivity index (χ2n) is 5.61. The first-order valence-corrected chi connectivity index (χ1v) is 8.10. The predicted octanol–water partition coefficient (Wildman–Crippen LogP) is 4.30. The molecule has 3 nitrogen and oxygen atoms in total. The monoisotopic (exact) mass is 272 g/mol. The molecule has 0 amide bonds. The number of hydrogen-bond donors (Lipinski definition) is 0. The lowest BCUT2D eigenvalue weighted by atomic mass is 10.1. The Hall–Kier alpha value is -0.120. The topological polar surface area (TPSA) is 31.0 Å². The molecule has 0 aromatic heterocycles. The van der Waals surface area contributed by atoms with Gasteiger partial charge in [-0.15, -0.1) is 0 Å². The van der Waals surface area contributed by atoms with Gasteiger partial charge in [-0.2, -0.15) is 0 Å². The summed E-state index contributed by atoms with van der Waals surface area (Å²) in [7, 11) is 1.65. The van der Waals surface area contributed by atoms with Gasteiger partial charge in [-0.3, -0.25) is 0 Å². The summed E-state index contributed by atoms with van der Waals surface area (Å²) in [6, 6.07) is 0. The second-order valence-corrected chi connectivity index (χ2v) is 5.61. The van der Waals surface area contributed by atoms with Crippen LogP contribution in [0.25, 0.3) is 0 Å². The van der Waals surface area contributed by atoms with Crippen molar-refractivity contribution >= 4 is 0 Å². The first-order chi connectivity index (χ1) is 9.38. The summed E-state index contributed by atoms with van der Waals surface area (Å²) in [5, 5.41) is 0. The van der Waals surface area contributed by atoms with Crippen molar-refractivity contribution in [3.8, 4) is 0 Å². The highest BCUT2D eigenvalue weighted by molar-refractivity contribution is 4.84. The number of epoxide rings is 1. The molecule has 3 heteroatoms. The van der Waals surface area contributed by atoms with Crippen molar-refractivity contribution in [3.63, 3.8) is 0 Å². The standard InChI is InChI=1S/C16H32O3/c1-3-4-5-6-7-8-9-10-11-12-15-16(19-15)13-18-14-17-2/h15-16H,3-14H2,1-2H3/t15-,16+/m1/s1. The third kappa shape index (κ3) is 9.42. The lowest BCUT2D eigenvalue weighted by molar-refractivity contribution is -0.0351. The summed E-state index contributed by atoms with van der Waals surface area (Å²) in [6.45, 7) is 3.34. The molecule has 0 spiro atoms. The van der Waals surface area contributed by atoms with Crippen molar-refractivity contribution in [2.24, 2.45) is 0 Å². The van der Waals surface area contributed by atoms with Crippen LogP contribution in [-0.2, 0) is 14.2 Å². The van der Waals surface area contributed by atoms with E-state index in [4.69, 9.17) is 14.2 Å². The van der Waals surface area contributed by atoms with Crippen LogP contribution < -0.4 is 0 Å². The molecule has 1 fully saturated rings. The molecule has 1 aliphatic rings. The Labute approximate surface area is 119 Å². The Bertz CT molecular complexity index is 196. The summed E-state index contributed by atoms with van der Waals surface area (Å²) < 4.78 is 15.7. The predicted molar refractivity (Wildman–Crippen MR) is 78.3 cm³/mol. The fraction of sp³-hybridized carbons (Fsp3) is 1.00. The normalized spacial score (nSPS) is 21.8. The molecule has 0 N–H and O–H groups in total. The molecular formula is C16H32O3. The molecule has 2 atom stereocenters. The van der Waals surface area contributed by atoms with Gasteiger partial charge in [0.05, 0.1) is 12.7 Å². The number of methoxy groups -OCH3 is 1. The van der Waals surface area contributed by atoms with Crippen LogP contribution in [0.3, 0.4) is 0 Å². The molecule has 1 aliphatic heterocycles. The Morgan fingerprint density at radius 1 is 0.842 bits per heavy atom. The highest BCUT2D eigenvalue weighted by Gasteiger charge is 2.37. The van der Waals surface area contributed by atoms with Gasteiger partial charge in [0.25, 0.3) is 0 Å². The maximum atomic E-state index is 5.55. The van der Waals surface area contributed by atoms with Crippen LogP contribution in [0.2, 0.25) is 0 Å². The second kappa shape index (κ2) is 11.7. The van der Waals surface area contributed by atoms with Gasteiger partial charge in [0.15, 0.2) is 0 Å². The summed E-state index contributed by atoms with van der Waals surface area (Å²) in [5.74, 6) is 0. The molecule has 0 saturated carbocycles. The Morgan fingerprint density at radius 3 is 2.11 bits per heavy atom. The molecule has 0 aliphatic carbocycles. The third-order valence-electron chi connectivity index (χ3n) is 3.76. The van der Waals surface area contributed by atoms with Crippen molar-refractivity contribution in [1.82, 2.24) is 0 Å². The van der Waals surface area contributed by atoms with Crippen molar-refractivity contribution in [2.45, 2.75) is 83.3 Å². The van der Waals surface area contributed by atoms with Gasteiger partial charge in [-0.05, 0) is 6.42 Å². The van der Waals surface area contributed by atoms with E-state index in [1.165, 1.54) is 64.2 Å². The smallest absolute Gasteiger partial charge is 0.146 e. The van der Waals surface area contributed by atoms with Gasteiger partial charge >= 0.3 is 0 Å². The van der Waals surface area contributed by atoms with Crippen LogP contribution in [0.1, 0.15) is 71.1 Å². The summed E-state index contributed by atoms with van der Waals surface area (Å²) in [6.07, 6.45) is 14.5. The first-order valence-electron chi connectivity index (χ1n) is 8.10. The van der Waals surface area contributed by atoms with Gasteiger partial charge in [0, 0.05) is 7.11 Å². The molecule has 0 radical (unpaired) electrons. The minimum absolute atomic E-state index is 0.337. The van der Waals surface area contributed by atoms with Crippen LogP contribution >= 0.6 is 0 Å². The zero-order chi connectivity index (χ0) is 13.8. The number of hydrogen-bond acceptors (Lipinski definition) is 3. The molecule has 0 aromatic rings. The van der Waals surface area contributed by atoms with Gasteiger partial charge in [0.2, 0.25) is 0 Å². The van der Waals surface area contributed by atoms with Crippen molar-refractivity contribution in [3.05, 3.63) is 0 Å². The van der Waals surface area contributed by atoms with Crippen molar-refractivity contribution in [2.75, 3.05) is 20.5 Å². The molecule has 1 saturated heterocycles. The summed E-state index contributed by atoms with van der Waals surface area (Å²) in [4.78, 5) is 0. The van der Waals surface area contributed by atoms with E-state index in [2.05, 4.69) is 6.92 Å². The zero-order valence-corrected chi connectivity index (χ0v) is 12.9. The van der Waals surface area contributed by atoms with E-state index in [0.29, 0.717) is 25.6 Å². The minimum Gasteiger partial charge on any atom is -0.367 e. The lowest BCUT2D eigenvalue weighted by Gasteiger charge is -2.01. The molecule has 0 bridgehead atoms. The number of rotatable bonds is 14. The molecule has 114 valence electrons. The molecule has 19 heavy (non-hydrogen) atoms. The lowest BCUT2D eigenvalue weighted by Crippen LogP contribution is -2.06. The average molecular weight is 272 g/mol. The maximum Gasteiger partial charge on any atom is 0.146 e. The summed E-state index contributed by atoms with van der Waals surface area (Å²) in [5.41, 5.74) is 0. The van der Waals surface area contributed by atoms with Crippen LogP contribution in [0, 0.1) is 0 Å². The van der Waals surface area contributed by atoms with E-state index in [-0.39, 0.29) is 0 Å². The average Bonchev–Trinajstić information content (AvgIpc) is 3.16. The quantitative estimate of drug-likeness (QED) is 0.268. The summed E-state index contributed by atoms with van der Waals surface area (Å²) >= 11 is 0. The largest absolute Gasteiger partial charge is 0.367 e. The number of ether oxygens (including phenoxy) is 3. The van der Waals surface area contributed by atoms with E-state index < -0.39 is 0 Å². The molecule has 0 unspecified atom stereocenters.